The van der Waals surface area contributed by atoms with E-state index in [0.29, 0.717) is 11.3 Å². The molecule has 1 aromatic rings. The molecule has 27 heavy (non-hydrogen) atoms. The molecular weight excluding hydrogens is 372 g/mol. The van der Waals surface area contributed by atoms with Gasteiger partial charge in [-0.1, -0.05) is 0 Å². The second-order valence-electron chi connectivity index (χ2n) is 5.72. The molecule has 0 spiro atoms. The zero-order valence-electron chi connectivity index (χ0n) is 15.2. The SMILES string of the molecule is CCOC(=O)c1ccc(N2C(=O)C[C@@H](SC[C@@H](N)C(=O)OCC)C2=O)cc1. The molecule has 1 aliphatic rings. The van der Waals surface area contributed by atoms with Crippen LogP contribution in [-0.2, 0) is 23.9 Å². The topological polar surface area (TPSA) is 116 Å². The molecule has 2 atom stereocenters. The zero-order chi connectivity index (χ0) is 20.0. The summed E-state index contributed by atoms with van der Waals surface area (Å²) >= 11 is 1.16. The average Bonchev–Trinajstić information content (AvgIpc) is 2.93. The molecule has 1 heterocycles. The van der Waals surface area contributed by atoms with Gasteiger partial charge in [-0.2, -0.15) is 0 Å². The number of esters is 2. The van der Waals surface area contributed by atoms with Gasteiger partial charge in [0.25, 0.3) is 0 Å². The number of hydrogen-bond acceptors (Lipinski definition) is 8. The molecule has 0 aromatic heterocycles. The van der Waals surface area contributed by atoms with E-state index in [1.54, 1.807) is 13.8 Å². The van der Waals surface area contributed by atoms with Gasteiger partial charge in [0.1, 0.15) is 6.04 Å². The number of amides is 2. The Labute approximate surface area is 161 Å². The van der Waals surface area contributed by atoms with Crippen LogP contribution in [0.25, 0.3) is 0 Å². The number of nitrogens with two attached hydrogens (primary N) is 1. The second-order valence-corrected chi connectivity index (χ2v) is 6.96. The van der Waals surface area contributed by atoms with Crippen molar-refractivity contribution in [3.05, 3.63) is 29.8 Å². The first-order valence-corrected chi connectivity index (χ1v) is 9.61. The van der Waals surface area contributed by atoms with Crippen LogP contribution in [0.15, 0.2) is 24.3 Å². The molecule has 0 aliphatic carbocycles. The standard InChI is InChI=1S/C18H22N2O6S/c1-3-25-17(23)11-5-7-12(8-6-11)20-15(21)9-14(16(20)22)27-10-13(19)18(24)26-4-2/h5-8,13-14H,3-4,9-10,19H2,1-2H3/t13-,14-/m1/s1. The molecule has 1 aromatic carbocycles. The molecule has 0 saturated carbocycles. The highest BCUT2D eigenvalue weighted by molar-refractivity contribution is 8.00. The van der Waals surface area contributed by atoms with Crippen molar-refractivity contribution in [2.75, 3.05) is 23.9 Å². The maximum atomic E-state index is 12.6. The van der Waals surface area contributed by atoms with Crippen LogP contribution in [0.2, 0.25) is 0 Å². The molecule has 146 valence electrons. The fourth-order valence-electron chi connectivity index (χ4n) is 2.50. The molecule has 2 amide bonds. The summed E-state index contributed by atoms with van der Waals surface area (Å²) in [5.41, 5.74) is 6.45. The lowest BCUT2D eigenvalue weighted by Crippen LogP contribution is -2.36. The number of thioether (sulfide) groups is 1. The third kappa shape index (κ3) is 5.08. The first-order valence-electron chi connectivity index (χ1n) is 8.56. The Kier molecular flexibility index (Phi) is 7.37. The highest BCUT2D eigenvalue weighted by Crippen LogP contribution is 2.30. The van der Waals surface area contributed by atoms with Crippen LogP contribution in [0.1, 0.15) is 30.6 Å². The minimum absolute atomic E-state index is 0.0265. The van der Waals surface area contributed by atoms with Gasteiger partial charge in [0.2, 0.25) is 11.8 Å². The van der Waals surface area contributed by atoms with Crippen LogP contribution in [0.5, 0.6) is 0 Å². The Morgan fingerprint density at radius 1 is 1.19 bits per heavy atom. The van der Waals surface area contributed by atoms with Gasteiger partial charge in [0, 0.05) is 12.2 Å². The molecule has 0 radical (unpaired) electrons. The molecule has 8 nitrogen and oxygen atoms in total. The minimum atomic E-state index is -0.851. The van der Waals surface area contributed by atoms with Crippen LogP contribution < -0.4 is 10.6 Å². The Hall–Kier alpha value is -2.39. The van der Waals surface area contributed by atoms with E-state index in [4.69, 9.17) is 15.2 Å². The van der Waals surface area contributed by atoms with E-state index >= 15 is 0 Å². The lowest BCUT2D eigenvalue weighted by molar-refractivity contribution is -0.144. The molecule has 0 bridgehead atoms. The first kappa shape index (κ1) is 20.9. The van der Waals surface area contributed by atoms with Gasteiger partial charge in [-0.05, 0) is 38.1 Å². The van der Waals surface area contributed by atoms with Crippen LogP contribution in [0.4, 0.5) is 5.69 Å². The summed E-state index contributed by atoms with van der Waals surface area (Å²) in [6.07, 6.45) is 0.0265. The summed E-state index contributed by atoms with van der Waals surface area (Å²) in [5.74, 6) is -1.54. The van der Waals surface area contributed by atoms with Crippen LogP contribution in [0.3, 0.4) is 0 Å². The largest absolute Gasteiger partial charge is 0.465 e. The van der Waals surface area contributed by atoms with E-state index in [-0.39, 0.29) is 37.2 Å². The van der Waals surface area contributed by atoms with Crippen molar-refractivity contribution in [2.24, 2.45) is 5.73 Å². The molecule has 9 heteroatoms. The van der Waals surface area contributed by atoms with Crippen LogP contribution >= 0.6 is 11.8 Å². The third-order valence-electron chi connectivity index (χ3n) is 3.81. The lowest BCUT2D eigenvalue weighted by atomic mass is 10.2. The van der Waals surface area contributed by atoms with Crippen molar-refractivity contribution in [3.8, 4) is 0 Å². The molecular formula is C18H22N2O6S. The van der Waals surface area contributed by atoms with E-state index < -0.39 is 23.2 Å². The van der Waals surface area contributed by atoms with Crippen molar-refractivity contribution in [3.63, 3.8) is 0 Å². The molecule has 2 rings (SSSR count). The number of imide groups is 1. The maximum Gasteiger partial charge on any atom is 0.338 e. The number of ether oxygens (including phenoxy) is 2. The van der Waals surface area contributed by atoms with Gasteiger partial charge in [-0.25, -0.2) is 9.69 Å². The van der Waals surface area contributed by atoms with Crippen molar-refractivity contribution in [1.29, 1.82) is 0 Å². The average molecular weight is 394 g/mol. The number of carbonyl (C=O) groups is 4. The molecule has 0 unspecified atom stereocenters. The van der Waals surface area contributed by atoms with Gasteiger partial charge in [-0.15, -0.1) is 11.8 Å². The minimum Gasteiger partial charge on any atom is -0.465 e. The number of nitrogens with zero attached hydrogens (tertiary/aromatic N) is 1. The van der Waals surface area contributed by atoms with Crippen molar-refractivity contribution in [2.45, 2.75) is 31.6 Å². The van der Waals surface area contributed by atoms with E-state index in [1.165, 1.54) is 24.3 Å². The van der Waals surface area contributed by atoms with Gasteiger partial charge >= 0.3 is 11.9 Å². The number of anilines is 1. The van der Waals surface area contributed by atoms with Crippen LogP contribution in [0, 0.1) is 0 Å². The number of hydrogen-bond donors (Lipinski definition) is 1. The fourth-order valence-corrected chi connectivity index (χ4v) is 3.59. The maximum absolute atomic E-state index is 12.6. The summed E-state index contributed by atoms with van der Waals surface area (Å²) in [6, 6.07) is 5.21. The van der Waals surface area contributed by atoms with Crippen LogP contribution in [-0.4, -0.2) is 54.0 Å². The monoisotopic (exact) mass is 394 g/mol. The Morgan fingerprint density at radius 3 is 2.41 bits per heavy atom. The van der Waals surface area contributed by atoms with Gasteiger partial charge in [0.05, 0.1) is 29.7 Å². The Balaban J connectivity index is 2.01. The first-order chi connectivity index (χ1) is 12.9. The number of rotatable bonds is 8. The van der Waals surface area contributed by atoms with Gasteiger partial charge < -0.3 is 15.2 Å². The predicted molar refractivity (Wildman–Crippen MR) is 100 cm³/mol. The summed E-state index contributed by atoms with van der Waals surface area (Å²) in [7, 11) is 0. The van der Waals surface area contributed by atoms with E-state index in [2.05, 4.69) is 0 Å². The third-order valence-corrected chi connectivity index (χ3v) is 5.13. The smallest absolute Gasteiger partial charge is 0.338 e. The molecule has 1 aliphatic heterocycles. The summed E-state index contributed by atoms with van der Waals surface area (Å²) < 4.78 is 9.73. The van der Waals surface area contributed by atoms with Crippen molar-refractivity contribution >= 4 is 41.2 Å². The Morgan fingerprint density at radius 2 is 1.81 bits per heavy atom. The quantitative estimate of drug-likeness (QED) is 0.515. The summed E-state index contributed by atoms with van der Waals surface area (Å²) in [6.45, 7) is 3.88. The Bertz CT molecular complexity index is 721. The highest BCUT2D eigenvalue weighted by Gasteiger charge is 2.40. The molecule has 1 fully saturated rings. The van der Waals surface area contributed by atoms with Gasteiger partial charge in [-0.3, -0.25) is 14.4 Å². The van der Waals surface area contributed by atoms with E-state index in [0.717, 1.165) is 16.7 Å². The van der Waals surface area contributed by atoms with Crippen molar-refractivity contribution in [1.82, 2.24) is 0 Å². The van der Waals surface area contributed by atoms with Crippen molar-refractivity contribution < 1.29 is 28.7 Å². The van der Waals surface area contributed by atoms with Gasteiger partial charge in [0.15, 0.2) is 0 Å². The summed E-state index contributed by atoms with van der Waals surface area (Å²) in [4.78, 5) is 49.2. The summed E-state index contributed by atoms with van der Waals surface area (Å²) in [5, 5.41) is -0.609. The second kappa shape index (κ2) is 9.52. The van der Waals surface area contributed by atoms with E-state index in [9.17, 15) is 19.2 Å². The lowest BCUT2D eigenvalue weighted by Gasteiger charge is -2.16. The normalized spacial score (nSPS) is 17.7. The molecule has 2 N–H and O–H groups in total. The number of benzene rings is 1. The fraction of sp³-hybridized carbons (Fsp3) is 0.444. The predicted octanol–water partition coefficient (Wildman–Crippen LogP) is 1.12. The zero-order valence-corrected chi connectivity index (χ0v) is 16.0. The molecule has 1 saturated heterocycles. The number of carbonyl (C=O) groups excluding carboxylic acids is 4. The van der Waals surface area contributed by atoms with E-state index in [1.807, 2.05) is 0 Å². The highest BCUT2D eigenvalue weighted by atomic mass is 32.2.